The average molecular weight is 270 g/mol. The molecule has 1 fully saturated rings. The lowest BCUT2D eigenvalue weighted by atomic mass is 10.1. The first-order valence-corrected chi connectivity index (χ1v) is 6.13. The number of nitrogens with one attached hydrogen (secondary N) is 1. The van der Waals surface area contributed by atoms with E-state index < -0.39 is 0 Å². The number of nitrogens with two attached hydrogens (primary N) is 1. The van der Waals surface area contributed by atoms with E-state index in [1.165, 1.54) is 19.3 Å². The molecule has 1 saturated carbocycles. The highest BCUT2D eigenvalue weighted by Crippen LogP contribution is 2.30. The molecule has 0 aromatic carbocycles. The summed E-state index contributed by atoms with van der Waals surface area (Å²) in [6, 6.07) is 2.44. The molecular weight excluding hydrogens is 254 g/mol. The minimum absolute atomic E-state index is 0.553. The van der Waals surface area contributed by atoms with Gasteiger partial charge in [0.2, 0.25) is 0 Å². The molecular formula is C11H16BrN3. The first kappa shape index (κ1) is 10.7. The monoisotopic (exact) mass is 269 g/mol. The third-order valence-electron chi connectivity index (χ3n) is 3.05. The summed E-state index contributed by atoms with van der Waals surface area (Å²) in [6.07, 6.45) is 5.54. The number of hydrogen-bond acceptors (Lipinski definition) is 3. The summed E-state index contributed by atoms with van der Waals surface area (Å²) in [4.78, 5) is 4.29. The van der Waals surface area contributed by atoms with Gasteiger partial charge in [-0.1, -0.05) is 13.3 Å². The molecule has 3 N–H and O–H groups in total. The third kappa shape index (κ3) is 2.43. The molecule has 2 unspecified atom stereocenters. The predicted octanol–water partition coefficient (Wildman–Crippen LogP) is 3.03. The van der Waals surface area contributed by atoms with E-state index >= 15 is 0 Å². The summed E-state index contributed by atoms with van der Waals surface area (Å²) in [6.45, 7) is 2.29. The number of halogens is 1. The van der Waals surface area contributed by atoms with Crippen molar-refractivity contribution in [3.05, 3.63) is 16.7 Å². The fourth-order valence-electron chi connectivity index (χ4n) is 2.09. The zero-order valence-electron chi connectivity index (χ0n) is 8.83. The topological polar surface area (TPSA) is 50.9 Å². The number of nitrogen functional groups attached to an aromatic ring is 1. The van der Waals surface area contributed by atoms with Gasteiger partial charge in [-0.15, -0.1) is 0 Å². The molecule has 1 heterocycles. The van der Waals surface area contributed by atoms with Crippen LogP contribution >= 0.6 is 15.9 Å². The second kappa shape index (κ2) is 4.39. The van der Waals surface area contributed by atoms with Crippen molar-refractivity contribution in [1.82, 2.24) is 4.98 Å². The largest absolute Gasteiger partial charge is 0.397 e. The Morgan fingerprint density at radius 2 is 2.33 bits per heavy atom. The standard InChI is InChI=1S/C11H16BrN3/c1-7-3-2-4-10(7)15-11-9(12)5-8(13)6-14-11/h5-7,10H,2-4,13H2,1H3,(H,14,15). The number of nitrogens with zero attached hydrogens (tertiary/aromatic N) is 1. The number of anilines is 2. The highest BCUT2D eigenvalue weighted by molar-refractivity contribution is 9.10. The van der Waals surface area contributed by atoms with Gasteiger partial charge in [-0.2, -0.15) is 0 Å². The molecule has 0 bridgehead atoms. The average Bonchev–Trinajstić information content (AvgIpc) is 2.57. The Hall–Kier alpha value is -0.770. The van der Waals surface area contributed by atoms with Gasteiger partial charge < -0.3 is 11.1 Å². The maximum Gasteiger partial charge on any atom is 0.140 e. The van der Waals surface area contributed by atoms with Crippen LogP contribution in [0.1, 0.15) is 26.2 Å². The van der Waals surface area contributed by atoms with Crippen LogP contribution in [0.15, 0.2) is 16.7 Å². The van der Waals surface area contributed by atoms with Gasteiger partial charge in [0.15, 0.2) is 0 Å². The van der Waals surface area contributed by atoms with Crippen LogP contribution in [0.5, 0.6) is 0 Å². The van der Waals surface area contributed by atoms with Crippen molar-refractivity contribution in [3.63, 3.8) is 0 Å². The molecule has 0 aliphatic heterocycles. The Labute approximate surface area is 98.6 Å². The Balaban J connectivity index is 2.10. The maximum absolute atomic E-state index is 5.64. The Bertz CT molecular complexity index is 354. The summed E-state index contributed by atoms with van der Waals surface area (Å²) in [5, 5.41) is 3.47. The second-order valence-corrected chi connectivity index (χ2v) is 5.11. The van der Waals surface area contributed by atoms with Crippen molar-refractivity contribution in [2.75, 3.05) is 11.1 Å². The van der Waals surface area contributed by atoms with Gasteiger partial charge in [0.25, 0.3) is 0 Å². The number of aromatic nitrogens is 1. The molecule has 0 radical (unpaired) electrons. The van der Waals surface area contributed by atoms with E-state index in [0.29, 0.717) is 11.7 Å². The van der Waals surface area contributed by atoms with Crippen LogP contribution in [0, 0.1) is 5.92 Å². The fourth-order valence-corrected chi connectivity index (χ4v) is 2.58. The van der Waals surface area contributed by atoms with Crippen LogP contribution in [-0.2, 0) is 0 Å². The minimum Gasteiger partial charge on any atom is -0.397 e. The second-order valence-electron chi connectivity index (χ2n) is 4.26. The third-order valence-corrected chi connectivity index (χ3v) is 3.65. The highest BCUT2D eigenvalue weighted by atomic mass is 79.9. The van der Waals surface area contributed by atoms with Gasteiger partial charge in [-0.05, 0) is 40.8 Å². The van der Waals surface area contributed by atoms with Crippen LogP contribution in [-0.4, -0.2) is 11.0 Å². The lowest BCUT2D eigenvalue weighted by molar-refractivity contribution is 0.554. The van der Waals surface area contributed by atoms with E-state index in [0.717, 1.165) is 16.2 Å². The number of rotatable bonds is 2. The maximum atomic E-state index is 5.64. The fraction of sp³-hybridized carbons (Fsp3) is 0.545. The minimum atomic E-state index is 0.553. The van der Waals surface area contributed by atoms with Gasteiger partial charge in [0, 0.05) is 6.04 Å². The van der Waals surface area contributed by atoms with Crippen LogP contribution < -0.4 is 11.1 Å². The molecule has 0 amide bonds. The molecule has 82 valence electrons. The molecule has 4 heteroatoms. The van der Waals surface area contributed by atoms with E-state index in [4.69, 9.17) is 5.73 Å². The van der Waals surface area contributed by atoms with Crippen molar-refractivity contribution in [2.45, 2.75) is 32.2 Å². The molecule has 15 heavy (non-hydrogen) atoms. The van der Waals surface area contributed by atoms with E-state index in [9.17, 15) is 0 Å². The summed E-state index contributed by atoms with van der Waals surface area (Å²) >= 11 is 3.47. The summed E-state index contributed by atoms with van der Waals surface area (Å²) in [7, 11) is 0. The molecule has 1 aliphatic rings. The van der Waals surface area contributed by atoms with Crippen molar-refractivity contribution < 1.29 is 0 Å². The van der Waals surface area contributed by atoms with Gasteiger partial charge in [0.05, 0.1) is 16.4 Å². The van der Waals surface area contributed by atoms with E-state index in [2.05, 4.69) is 33.2 Å². The zero-order valence-corrected chi connectivity index (χ0v) is 10.4. The normalized spacial score (nSPS) is 25.5. The number of pyridine rings is 1. The van der Waals surface area contributed by atoms with E-state index in [1.807, 2.05) is 6.07 Å². The summed E-state index contributed by atoms with van der Waals surface area (Å²) < 4.78 is 0.946. The molecule has 0 spiro atoms. The van der Waals surface area contributed by atoms with Crippen LogP contribution in [0.3, 0.4) is 0 Å². The molecule has 2 atom stereocenters. The van der Waals surface area contributed by atoms with Crippen LogP contribution in [0.2, 0.25) is 0 Å². The Kier molecular flexibility index (Phi) is 3.14. The smallest absolute Gasteiger partial charge is 0.140 e. The SMILES string of the molecule is CC1CCCC1Nc1ncc(N)cc1Br. The predicted molar refractivity (Wildman–Crippen MR) is 66.8 cm³/mol. The Morgan fingerprint density at radius 3 is 2.93 bits per heavy atom. The highest BCUT2D eigenvalue weighted by Gasteiger charge is 2.23. The molecule has 3 nitrogen and oxygen atoms in total. The Morgan fingerprint density at radius 1 is 1.53 bits per heavy atom. The molecule has 1 aromatic rings. The van der Waals surface area contributed by atoms with Crippen molar-refractivity contribution in [2.24, 2.45) is 5.92 Å². The zero-order chi connectivity index (χ0) is 10.8. The first-order valence-electron chi connectivity index (χ1n) is 5.34. The van der Waals surface area contributed by atoms with Crippen molar-refractivity contribution in [3.8, 4) is 0 Å². The number of hydrogen-bond donors (Lipinski definition) is 2. The quantitative estimate of drug-likeness (QED) is 0.868. The first-order chi connectivity index (χ1) is 7.16. The van der Waals surface area contributed by atoms with E-state index in [-0.39, 0.29) is 0 Å². The van der Waals surface area contributed by atoms with Gasteiger partial charge in [-0.3, -0.25) is 0 Å². The molecule has 0 saturated heterocycles. The van der Waals surface area contributed by atoms with E-state index in [1.54, 1.807) is 6.20 Å². The van der Waals surface area contributed by atoms with Crippen LogP contribution in [0.25, 0.3) is 0 Å². The molecule has 2 rings (SSSR count). The van der Waals surface area contributed by atoms with Crippen molar-refractivity contribution in [1.29, 1.82) is 0 Å². The lowest BCUT2D eigenvalue weighted by Crippen LogP contribution is -2.22. The summed E-state index contributed by atoms with van der Waals surface area (Å²) in [5.74, 6) is 1.64. The lowest BCUT2D eigenvalue weighted by Gasteiger charge is -2.18. The molecule has 1 aromatic heterocycles. The van der Waals surface area contributed by atoms with Gasteiger partial charge >= 0.3 is 0 Å². The van der Waals surface area contributed by atoms with Crippen LogP contribution in [0.4, 0.5) is 11.5 Å². The molecule has 1 aliphatic carbocycles. The van der Waals surface area contributed by atoms with Gasteiger partial charge in [-0.25, -0.2) is 4.98 Å². The summed E-state index contributed by atoms with van der Waals surface area (Å²) in [5.41, 5.74) is 6.33. The van der Waals surface area contributed by atoms with Crippen molar-refractivity contribution >= 4 is 27.4 Å². The van der Waals surface area contributed by atoms with Gasteiger partial charge in [0.1, 0.15) is 5.82 Å².